The number of nitrogens with one attached hydrogen (secondary N) is 2. The van der Waals surface area contributed by atoms with Gasteiger partial charge >= 0.3 is 0 Å². The van der Waals surface area contributed by atoms with Crippen LogP contribution < -0.4 is 10.6 Å². The van der Waals surface area contributed by atoms with Gasteiger partial charge in [0.05, 0.1) is 12.2 Å². The van der Waals surface area contributed by atoms with E-state index < -0.39 is 17.7 Å². The molecule has 2 fully saturated rings. The largest absolute Gasteiger partial charge is 0.393 e. The lowest BCUT2D eigenvalue weighted by Gasteiger charge is -2.48. The lowest BCUT2D eigenvalue weighted by molar-refractivity contribution is -0.136. The first kappa shape index (κ1) is 14.8. The molecule has 0 bridgehead atoms. The molecule has 0 radical (unpaired) electrons. The standard InChI is InChI=1S/C14H26N2O3/c1-9(17)7-14(8-10(2)18)13(19)15-11-5-3-4-6-12(11)16-14/h9-12,16-18H,3-8H2,1-2H3,(H,15,19). The smallest absolute Gasteiger partial charge is 0.240 e. The number of carbonyl (C=O) groups excluding carboxylic acids is 1. The topological polar surface area (TPSA) is 81.6 Å². The van der Waals surface area contributed by atoms with Crippen LogP contribution in [0.15, 0.2) is 0 Å². The van der Waals surface area contributed by atoms with Crippen molar-refractivity contribution < 1.29 is 15.0 Å². The molecule has 4 unspecified atom stereocenters. The van der Waals surface area contributed by atoms with Gasteiger partial charge in [-0.25, -0.2) is 0 Å². The maximum absolute atomic E-state index is 12.4. The summed E-state index contributed by atoms with van der Waals surface area (Å²) in [7, 11) is 0. The molecule has 5 nitrogen and oxygen atoms in total. The summed E-state index contributed by atoms with van der Waals surface area (Å²) in [6.07, 6.45) is 3.93. The van der Waals surface area contributed by atoms with Crippen molar-refractivity contribution in [2.75, 3.05) is 0 Å². The van der Waals surface area contributed by atoms with Crippen LogP contribution in [0, 0.1) is 0 Å². The molecule has 0 aromatic carbocycles. The number of amides is 1. The first-order valence-electron chi connectivity index (χ1n) is 7.38. The molecular formula is C14H26N2O3. The van der Waals surface area contributed by atoms with Crippen LogP contribution in [-0.4, -0.2) is 46.0 Å². The van der Waals surface area contributed by atoms with E-state index in [-0.39, 0.29) is 18.0 Å². The number of piperazine rings is 1. The van der Waals surface area contributed by atoms with Crippen molar-refractivity contribution in [1.29, 1.82) is 0 Å². The van der Waals surface area contributed by atoms with Crippen LogP contribution in [-0.2, 0) is 4.79 Å². The van der Waals surface area contributed by atoms with Crippen molar-refractivity contribution in [3.05, 3.63) is 0 Å². The Kier molecular flexibility index (Phi) is 4.48. The van der Waals surface area contributed by atoms with Crippen LogP contribution in [0.3, 0.4) is 0 Å². The van der Waals surface area contributed by atoms with Gasteiger partial charge < -0.3 is 15.5 Å². The van der Waals surface area contributed by atoms with Gasteiger partial charge in [-0.15, -0.1) is 0 Å². The number of hydrogen-bond acceptors (Lipinski definition) is 4. The third kappa shape index (κ3) is 3.27. The van der Waals surface area contributed by atoms with Crippen molar-refractivity contribution in [3.63, 3.8) is 0 Å². The zero-order valence-electron chi connectivity index (χ0n) is 11.9. The molecule has 1 saturated heterocycles. The van der Waals surface area contributed by atoms with Gasteiger partial charge in [-0.1, -0.05) is 12.8 Å². The van der Waals surface area contributed by atoms with Gasteiger partial charge in [-0.3, -0.25) is 10.1 Å². The maximum atomic E-state index is 12.4. The maximum Gasteiger partial charge on any atom is 0.240 e. The Balaban J connectivity index is 2.18. The van der Waals surface area contributed by atoms with Crippen LogP contribution in [0.4, 0.5) is 0 Å². The molecule has 1 aliphatic heterocycles. The number of fused-ring (bicyclic) bond motifs is 1. The zero-order chi connectivity index (χ0) is 14.0. The zero-order valence-corrected chi connectivity index (χ0v) is 11.9. The third-order valence-electron chi connectivity index (χ3n) is 4.27. The van der Waals surface area contributed by atoms with Crippen LogP contribution in [0.2, 0.25) is 0 Å². The molecule has 5 heteroatoms. The van der Waals surface area contributed by atoms with E-state index in [2.05, 4.69) is 10.6 Å². The van der Waals surface area contributed by atoms with Crippen LogP contribution >= 0.6 is 0 Å². The monoisotopic (exact) mass is 270 g/mol. The van der Waals surface area contributed by atoms with Crippen molar-refractivity contribution >= 4 is 5.91 Å². The minimum Gasteiger partial charge on any atom is -0.393 e. The highest BCUT2D eigenvalue weighted by Crippen LogP contribution is 2.30. The van der Waals surface area contributed by atoms with Crippen LogP contribution in [0.25, 0.3) is 0 Å². The SMILES string of the molecule is CC(O)CC1(CC(C)O)NC2CCCCC2NC1=O. The van der Waals surface area contributed by atoms with Crippen molar-refractivity contribution in [1.82, 2.24) is 10.6 Å². The summed E-state index contributed by atoms with van der Waals surface area (Å²) in [5.41, 5.74) is -0.832. The average molecular weight is 270 g/mol. The number of hydrogen-bond donors (Lipinski definition) is 4. The lowest BCUT2D eigenvalue weighted by atomic mass is 9.78. The number of rotatable bonds is 4. The molecule has 1 heterocycles. The number of aliphatic hydroxyl groups is 2. The van der Waals surface area contributed by atoms with Gasteiger partial charge in [-0.05, 0) is 26.7 Å². The Bertz CT molecular complexity index is 321. The fourth-order valence-corrected chi connectivity index (χ4v) is 3.60. The minimum absolute atomic E-state index is 0.0718. The van der Waals surface area contributed by atoms with E-state index in [4.69, 9.17) is 0 Å². The van der Waals surface area contributed by atoms with E-state index in [0.717, 1.165) is 19.3 Å². The summed E-state index contributed by atoms with van der Waals surface area (Å²) in [5.74, 6) is -0.0718. The fraction of sp³-hybridized carbons (Fsp3) is 0.929. The van der Waals surface area contributed by atoms with Gasteiger partial charge in [0.1, 0.15) is 5.54 Å². The summed E-state index contributed by atoms with van der Waals surface area (Å²) in [4.78, 5) is 12.4. The van der Waals surface area contributed by atoms with E-state index >= 15 is 0 Å². The summed E-state index contributed by atoms with van der Waals surface area (Å²) < 4.78 is 0. The molecule has 110 valence electrons. The molecule has 4 N–H and O–H groups in total. The van der Waals surface area contributed by atoms with E-state index in [1.54, 1.807) is 13.8 Å². The molecular weight excluding hydrogens is 244 g/mol. The predicted octanol–water partition coefficient (Wildman–Crippen LogP) is 0.298. The van der Waals surface area contributed by atoms with Gasteiger partial charge in [0, 0.05) is 24.9 Å². The highest BCUT2D eigenvalue weighted by atomic mass is 16.3. The second-order valence-corrected chi connectivity index (χ2v) is 6.30. The first-order valence-corrected chi connectivity index (χ1v) is 7.38. The molecule has 0 aromatic heterocycles. The second kappa shape index (κ2) is 5.77. The van der Waals surface area contributed by atoms with Crippen molar-refractivity contribution in [2.45, 2.75) is 82.2 Å². The molecule has 0 aromatic rings. The van der Waals surface area contributed by atoms with E-state index in [9.17, 15) is 15.0 Å². The quantitative estimate of drug-likeness (QED) is 0.592. The minimum atomic E-state index is -0.832. The molecule has 2 aliphatic rings. The lowest BCUT2D eigenvalue weighted by Crippen LogP contribution is -2.72. The van der Waals surface area contributed by atoms with E-state index in [0.29, 0.717) is 12.8 Å². The molecule has 1 saturated carbocycles. The Morgan fingerprint density at radius 3 is 2.21 bits per heavy atom. The summed E-state index contributed by atoms with van der Waals surface area (Å²) in [6.45, 7) is 3.37. The molecule has 1 aliphatic carbocycles. The Morgan fingerprint density at radius 1 is 1.16 bits per heavy atom. The van der Waals surface area contributed by atoms with Crippen molar-refractivity contribution in [2.24, 2.45) is 0 Å². The first-order chi connectivity index (χ1) is 8.93. The second-order valence-electron chi connectivity index (χ2n) is 6.30. The third-order valence-corrected chi connectivity index (χ3v) is 4.27. The molecule has 2 rings (SSSR count). The summed E-state index contributed by atoms with van der Waals surface area (Å²) in [5, 5.41) is 25.9. The van der Waals surface area contributed by atoms with Gasteiger partial charge in [0.2, 0.25) is 5.91 Å². The predicted molar refractivity (Wildman–Crippen MR) is 72.6 cm³/mol. The normalized spacial score (nSPS) is 38.2. The molecule has 0 spiro atoms. The molecule has 19 heavy (non-hydrogen) atoms. The highest BCUT2D eigenvalue weighted by Gasteiger charge is 2.48. The van der Waals surface area contributed by atoms with Gasteiger partial charge in [0.25, 0.3) is 0 Å². The van der Waals surface area contributed by atoms with Gasteiger partial charge in [0.15, 0.2) is 0 Å². The van der Waals surface area contributed by atoms with Crippen LogP contribution in [0.1, 0.15) is 52.4 Å². The fourth-order valence-electron chi connectivity index (χ4n) is 3.60. The number of aliphatic hydroxyl groups excluding tert-OH is 2. The average Bonchev–Trinajstić information content (AvgIpc) is 2.28. The highest BCUT2D eigenvalue weighted by molar-refractivity contribution is 5.87. The molecule has 4 atom stereocenters. The Morgan fingerprint density at radius 2 is 1.68 bits per heavy atom. The van der Waals surface area contributed by atoms with Crippen LogP contribution in [0.5, 0.6) is 0 Å². The van der Waals surface area contributed by atoms with E-state index in [1.165, 1.54) is 6.42 Å². The summed E-state index contributed by atoms with van der Waals surface area (Å²) >= 11 is 0. The van der Waals surface area contributed by atoms with Gasteiger partial charge in [-0.2, -0.15) is 0 Å². The van der Waals surface area contributed by atoms with E-state index in [1.807, 2.05) is 0 Å². The Hall–Kier alpha value is -0.650. The Labute approximate surface area is 114 Å². The summed E-state index contributed by atoms with van der Waals surface area (Å²) in [6, 6.07) is 0.473. The number of carbonyl (C=O) groups is 1. The van der Waals surface area contributed by atoms with Crippen molar-refractivity contribution in [3.8, 4) is 0 Å². The molecule has 1 amide bonds.